The maximum atomic E-state index is 5.06. The average Bonchev–Trinajstić information content (AvgIpc) is 3.73. The van der Waals surface area contributed by atoms with Gasteiger partial charge in [-0.1, -0.05) is 121 Å². The first-order valence-corrected chi connectivity index (χ1v) is 17.8. The first-order chi connectivity index (χ1) is 24.8. The van der Waals surface area contributed by atoms with Crippen molar-refractivity contribution in [3.8, 4) is 39.6 Å². The van der Waals surface area contributed by atoms with E-state index in [2.05, 4.69) is 144 Å². The van der Waals surface area contributed by atoms with Crippen LogP contribution in [-0.2, 0) is 0 Å². The summed E-state index contributed by atoms with van der Waals surface area (Å²) in [5.74, 6) is 2.04. The summed E-state index contributed by atoms with van der Waals surface area (Å²) in [5.41, 5.74) is 8.76. The van der Waals surface area contributed by atoms with E-state index in [0.717, 1.165) is 46.3 Å². The lowest BCUT2D eigenvalue weighted by molar-refractivity contribution is 1.01. The van der Waals surface area contributed by atoms with Gasteiger partial charge in [-0.2, -0.15) is 0 Å². The number of para-hydroxylation sites is 1. The highest BCUT2D eigenvalue weighted by molar-refractivity contribution is 7.25. The van der Waals surface area contributed by atoms with Crippen molar-refractivity contribution in [2.75, 3.05) is 0 Å². The Balaban J connectivity index is 1.17. The van der Waals surface area contributed by atoms with E-state index in [1.165, 1.54) is 42.1 Å². The van der Waals surface area contributed by atoms with Gasteiger partial charge in [0.05, 0.1) is 11.0 Å². The molecule has 5 heteroatoms. The van der Waals surface area contributed by atoms with Crippen LogP contribution in [0, 0.1) is 0 Å². The molecule has 0 saturated heterocycles. The lowest BCUT2D eigenvalue weighted by Gasteiger charge is -2.11. The van der Waals surface area contributed by atoms with Crippen molar-refractivity contribution in [1.29, 1.82) is 0 Å². The van der Waals surface area contributed by atoms with Crippen molar-refractivity contribution >= 4 is 58.9 Å². The van der Waals surface area contributed by atoms with Gasteiger partial charge in [0.15, 0.2) is 17.5 Å². The predicted molar refractivity (Wildman–Crippen MR) is 210 cm³/mol. The summed E-state index contributed by atoms with van der Waals surface area (Å²) in [4.78, 5) is 15.0. The Kier molecular flexibility index (Phi) is 6.78. The molecule has 6 aromatic carbocycles. The molecular weight excluding hydrogens is 629 g/mol. The number of aromatic nitrogens is 4. The van der Waals surface area contributed by atoms with Crippen LogP contribution in [0.4, 0.5) is 0 Å². The first kappa shape index (κ1) is 28.8. The first-order valence-electron chi connectivity index (χ1n) is 17.0. The number of fused-ring (bicyclic) bond motifs is 6. The third-order valence-corrected chi connectivity index (χ3v) is 10.8. The van der Waals surface area contributed by atoms with Gasteiger partial charge in [-0.3, -0.25) is 0 Å². The minimum absolute atomic E-state index is 0.665. The van der Waals surface area contributed by atoms with Crippen LogP contribution in [-0.4, -0.2) is 19.5 Å². The van der Waals surface area contributed by atoms with Crippen LogP contribution >= 0.6 is 11.3 Å². The van der Waals surface area contributed by atoms with Crippen LogP contribution in [0.1, 0.15) is 18.7 Å². The Labute approximate surface area is 293 Å². The summed E-state index contributed by atoms with van der Waals surface area (Å²) < 4.78 is 5.01. The molecule has 0 radical (unpaired) electrons. The van der Waals surface area contributed by atoms with Gasteiger partial charge in [0.2, 0.25) is 0 Å². The molecule has 9 aromatic rings. The molecule has 10 rings (SSSR count). The fourth-order valence-corrected chi connectivity index (χ4v) is 8.37. The van der Waals surface area contributed by atoms with Gasteiger partial charge in [-0.25, -0.2) is 15.0 Å². The van der Waals surface area contributed by atoms with E-state index in [9.17, 15) is 0 Å². The van der Waals surface area contributed by atoms with E-state index in [1.807, 2.05) is 29.5 Å². The highest BCUT2D eigenvalue weighted by Crippen LogP contribution is 2.39. The topological polar surface area (TPSA) is 43.6 Å². The number of rotatable bonds is 5. The van der Waals surface area contributed by atoms with Crippen molar-refractivity contribution in [1.82, 2.24) is 19.5 Å². The van der Waals surface area contributed by atoms with Crippen molar-refractivity contribution in [3.63, 3.8) is 0 Å². The molecule has 0 saturated carbocycles. The zero-order valence-corrected chi connectivity index (χ0v) is 27.9. The number of thiophene rings is 1. The molecule has 236 valence electrons. The number of nitrogens with zero attached hydrogens (tertiary/aromatic N) is 4. The van der Waals surface area contributed by atoms with Crippen molar-refractivity contribution in [3.05, 3.63) is 164 Å². The van der Waals surface area contributed by atoms with E-state index in [-0.39, 0.29) is 0 Å². The number of allylic oxidation sites excluding steroid dienone is 4. The molecule has 4 nitrogen and oxygen atoms in total. The molecule has 0 amide bonds. The molecule has 0 atom stereocenters. The lowest BCUT2D eigenvalue weighted by atomic mass is 10.0. The van der Waals surface area contributed by atoms with Crippen molar-refractivity contribution in [2.45, 2.75) is 12.8 Å². The maximum Gasteiger partial charge on any atom is 0.164 e. The Morgan fingerprint density at radius 2 is 1.06 bits per heavy atom. The standard InChI is InChI=1S/C45H30N4S/c1-4-12-29(13-5-1)43-46-44(30-14-6-2-7-15-30)48-45(47-43)33-22-24-36-35-23-20-31(26-39(35)49(40(36)27-33)34-16-8-3-9-17-34)32-21-25-38-37-18-10-11-19-41(37)50-42(38)28-32/h1,3-6,8-28H,2,7H2. The van der Waals surface area contributed by atoms with Gasteiger partial charge in [0.25, 0.3) is 0 Å². The summed E-state index contributed by atoms with van der Waals surface area (Å²) in [6.45, 7) is 0. The van der Waals surface area contributed by atoms with Crippen LogP contribution in [0.15, 0.2) is 158 Å². The van der Waals surface area contributed by atoms with E-state index >= 15 is 0 Å². The quantitative estimate of drug-likeness (QED) is 0.185. The van der Waals surface area contributed by atoms with Gasteiger partial charge in [-0.15, -0.1) is 11.3 Å². The zero-order chi connectivity index (χ0) is 33.0. The second-order valence-corrected chi connectivity index (χ2v) is 13.8. The van der Waals surface area contributed by atoms with E-state index in [0.29, 0.717) is 17.5 Å². The number of hydrogen-bond acceptors (Lipinski definition) is 4. The highest BCUT2D eigenvalue weighted by Gasteiger charge is 2.18. The SMILES string of the molecule is C1=CC(c2nc(-c3ccccc3)nc(-c3ccc4c5ccc(-c6ccc7c(c6)sc6ccccc67)cc5n(-c5ccccc5)c4c3)n2)=CCC1. The normalized spacial score (nSPS) is 13.1. The Morgan fingerprint density at radius 1 is 0.460 bits per heavy atom. The van der Waals surface area contributed by atoms with E-state index < -0.39 is 0 Å². The fraction of sp³-hybridized carbons (Fsp3) is 0.0444. The summed E-state index contributed by atoms with van der Waals surface area (Å²) in [6.07, 6.45) is 8.57. The Hall–Kier alpha value is -6.17. The fourth-order valence-electron chi connectivity index (χ4n) is 7.23. The molecule has 0 fully saturated rings. The van der Waals surface area contributed by atoms with E-state index in [4.69, 9.17) is 15.0 Å². The monoisotopic (exact) mass is 658 g/mol. The van der Waals surface area contributed by atoms with Gasteiger partial charge in [-0.05, 0) is 60.4 Å². The molecule has 0 N–H and O–H groups in total. The minimum atomic E-state index is 0.665. The Bertz CT molecular complexity index is 2810. The van der Waals surface area contributed by atoms with Crippen LogP contribution < -0.4 is 0 Å². The molecule has 3 heterocycles. The smallest absolute Gasteiger partial charge is 0.164 e. The van der Waals surface area contributed by atoms with Crippen LogP contribution in [0.2, 0.25) is 0 Å². The molecule has 1 aliphatic carbocycles. The average molecular weight is 659 g/mol. The summed E-state index contributed by atoms with van der Waals surface area (Å²) >= 11 is 1.86. The summed E-state index contributed by atoms with van der Waals surface area (Å²) in [6, 6.07) is 49.9. The third-order valence-electron chi connectivity index (χ3n) is 9.67. The molecule has 0 aliphatic heterocycles. The molecule has 1 aliphatic rings. The predicted octanol–water partition coefficient (Wildman–Crippen LogP) is 12.1. The maximum absolute atomic E-state index is 5.06. The second-order valence-electron chi connectivity index (χ2n) is 12.8. The lowest BCUT2D eigenvalue weighted by Crippen LogP contribution is -2.03. The van der Waals surface area contributed by atoms with E-state index in [1.54, 1.807) is 0 Å². The van der Waals surface area contributed by atoms with Crippen molar-refractivity contribution in [2.24, 2.45) is 0 Å². The second kappa shape index (κ2) is 11.8. The molecule has 0 bridgehead atoms. The highest BCUT2D eigenvalue weighted by atomic mass is 32.1. The van der Waals surface area contributed by atoms with Gasteiger partial charge < -0.3 is 4.57 Å². The van der Waals surface area contributed by atoms with Crippen LogP contribution in [0.3, 0.4) is 0 Å². The molecule has 3 aromatic heterocycles. The minimum Gasteiger partial charge on any atom is -0.309 e. The molecule has 50 heavy (non-hydrogen) atoms. The van der Waals surface area contributed by atoms with Crippen molar-refractivity contribution < 1.29 is 0 Å². The number of benzene rings is 6. The van der Waals surface area contributed by atoms with Gasteiger partial charge in [0, 0.05) is 53.3 Å². The van der Waals surface area contributed by atoms with Gasteiger partial charge in [0.1, 0.15) is 0 Å². The zero-order valence-electron chi connectivity index (χ0n) is 27.1. The Morgan fingerprint density at radius 3 is 1.82 bits per heavy atom. The summed E-state index contributed by atoms with van der Waals surface area (Å²) in [5, 5.41) is 5.03. The van der Waals surface area contributed by atoms with Crippen LogP contribution in [0.25, 0.3) is 87.1 Å². The largest absolute Gasteiger partial charge is 0.309 e. The third kappa shape index (κ3) is 4.86. The van der Waals surface area contributed by atoms with Gasteiger partial charge >= 0.3 is 0 Å². The molecule has 0 spiro atoms. The molecular formula is C45H30N4S. The number of hydrogen-bond donors (Lipinski definition) is 0. The summed E-state index contributed by atoms with van der Waals surface area (Å²) in [7, 11) is 0. The van der Waals surface area contributed by atoms with Crippen LogP contribution in [0.5, 0.6) is 0 Å². The molecule has 0 unspecified atom stereocenters.